The van der Waals surface area contributed by atoms with Gasteiger partial charge >= 0.3 is 0 Å². The zero-order chi connectivity index (χ0) is 20.4. The first kappa shape index (κ1) is 18.6. The Morgan fingerprint density at radius 1 is 0.897 bits per heavy atom. The van der Waals surface area contributed by atoms with Gasteiger partial charge < -0.3 is 5.32 Å². The number of nitrogens with one attached hydrogen (secondary N) is 1. The number of hydrogen-bond acceptors (Lipinski definition) is 3. The molecule has 0 aliphatic heterocycles. The summed E-state index contributed by atoms with van der Waals surface area (Å²) >= 11 is 0. The molecule has 4 rings (SSSR count). The molecule has 0 bridgehead atoms. The van der Waals surface area contributed by atoms with E-state index >= 15 is 0 Å². The van der Waals surface area contributed by atoms with E-state index in [-0.39, 0.29) is 17.2 Å². The van der Waals surface area contributed by atoms with Gasteiger partial charge in [-0.1, -0.05) is 54.6 Å². The van der Waals surface area contributed by atoms with Crippen molar-refractivity contribution in [1.82, 2.24) is 9.78 Å². The van der Waals surface area contributed by atoms with Crippen molar-refractivity contribution in [3.63, 3.8) is 0 Å². The van der Waals surface area contributed by atoms with Crippen LogP contribution in [0.4, 0.5) is 5.69 Å². The molecule has 0 aliphatic carbocycles. The minimum absolute atomic E-state index is 0.216. The van der Waals surface area contributed by atoms with Crippen molar-refractivity contribution in [2.24, 2.45) is 0 Å². The molecule has 0 unspecified atom stereocenters. The molecule has 3 aromatic carbocycles. The summed E-state index contributed by atoms with van der Waals surface area (Å²) in [4.78, 5) is 26.0. The minimum Gasteiger partial charge on any atom is -0.321 e. The molecule has 5 nitrogen and oxygen atoms in total. The van der Waals surface area contributed by atoms with Gasteiger partial charge in [0, 0.05) is 11.1 Å². The van der Waals surface area contributed by atoms with Gasteiger partial charge in [0.05, 0.1) is 11.9 Å². The lowest BCUT2D eigenvalue weighted by Gasteiger charge is -2.12. The van der Waals surface area contributed by atoms with Crippen LogP contribution in [0.15, 0.2) is 77.6 Å². The number of rotatable bonds is 4. The second-order valence-electron chi connectivity index (χ2n) is 7.10. The van der Waals surface area contributed by atoms with Gasteiger partial charge in [-0.15, -0.1) is 0 Å². The fraction of sp³-hybridized carbons (Fsp3) is 0.125. The number of carbonyl (C=O) groups is 1. The van der Waals surface area contributed by atoms with Crippen LogP contribution >= 0.6 is 0 Å². The summed E-state index contributed by atoms with van der Waals surface area (Å²) in [7, 11) is 0. The van der Waals surface area contributed by atoms with Crippen molar-refractivity contribution in [1.29, 1.82) is 0 Å². The molecule has 0 fully saturated rings. The van der Waals surface area contributed by atoms with E-state index in [2.05, 4.69) is 10.4 Å². The maximum Gasteiger partial charge on any atom is 0.276 e. The standard InChI is InChI=1S/C24H21N3O2/c1-16-12-13-19(14-17(16)2)25-23(28)22-20-10-6-7-11-21(20)24(29)27(26-22)15-18-8-4-3-5-9-18/h3-14H,15H2,1-2H3,(H,25,28). The molecule has 0 saturated heterocycles. The molecule has 1 amide bonds. The number of fused-ring (bicyclic) bond motifs is 1. The lowest BCUT2D eigenvalue weighted by Crippen LogP contribution is -2.28. The van der Waals surface area contributed by atoms with E-state index < -0.39 is 0 Å². The monoisotopic (exact) mass is 383 g/mol. The van der Waals surface area contributed by atoms with Gasteiger partial charge in [0.15, 0.2) is 5.69 Å². The molecule has 1 aromatic heterocycles. The highest BCUT2D eigenvalue weighted by atomic mass is 16.2. The smallest absolute Gasteiger partial charge is 0.276 e. The van der Waals surface area contributed by atoms with E-state index in [0.717, 1.165) is 16.7 Å². The average Bonchev–Trinajstić information content (AvgIpc) is 2.73. The Bertz CT molecular complexity index is 1260. The Morgan fingerprint density at radius 3 is 2.31 bits per heavy atom. The summed E-state index contributed by atoms with van der Waals surface area (Å²) in [5.74, 6) is -0.341. The molecule has 1 heterocycles. The van der Waals surface area contributed by atoms with E-state index in [4.69, 9.17) is 0 Å². The molecular formula is C24H21N3O2. The number of aryl methyl sites for hydroxylation is 2. The van der Waals surface area contributed by atoms with Crippen LogP contribution in [0.3, 0.4) is 0 Å². The van der Waals surface area contributed by atoms with E-state index in [1.165, 1.54) is 4.68 Å². The van der Waals surface area contributed by atoms with Crippen LogP contribution in [0, 0.1) is 13.8 Å². The highest BCUT2D eigenvalue weighted by molar-refractivity contribution is 6.11. The van der Waals surface area contributed by atoms with Crippen LogP contribution in [0.25, 0.3) is 10.8 Å². The second kappa shape index (κ2) is 7.72. The van der Waals surface area contributed by atoms with Crippen molar-refractivity contribution < 1.29 is 4.79 Å². The molecule has 5 heteroatoms. The highest BCUT2D eigenvalue weighted by Crippen LogP contribution is 2.18. The maximum absolute atomic E-state index is 13.1. The van der Waals surface area contributed by atoms with Crippen LogP contribution in [-0.4, -0.2) is 15.7 Å². The van der Waals surface area contributed by atoms with E-state index in [0.29, 0.717) is 23.0 Å². The van der Waals surface area contributed by atoms with Gasteiger partial charge in [-0.3, -0.25) is 9.59 Å². The topological polar surface area (TPSA) is 64.0 Å². The second-order valence-corrected chi connectivity index (χ2v) is 7.10. The van der Waals surface area contributed by atoms with Gasteiger partial charge in [-0.2, -0.15) is 5.10 Å². The molecule has 4 aromatic rings. The van der Waals surface area contributed by atoms with Crippen LogP contribution in [0.1, 0.15) is 27.2 Å². The summed E-state index contributed by atoms with van der Waals surface area (Å²) in [5.41, 5.74) is 3.90. The number of aromatic nitrogens is 2. The lowest BCUT2D eigenvalue weighted by atomic mass is 10.1. The predicted octanol–water partition coefficient (Wildman–Crippen LogP) is 4.31. The molecule has 1 N–H and O–H groups in total. The Labute approximate surface area is 168 Å². The van der Waals surface area contributed by atoms with Crippen molar-refractivity contribution in [2.45, 2.75) is 20.4 Å². The first-order valence-electron chi connectivity index (χ1n) is 9.45. The zero-order valence-corrected chi connectivity index (χ0v) is 16.3. The van der Waals surface area contributed by atoms with Crippen LogP contribution in [0.2, 0.25) is 0 Å². The van der Waals surface area contributed by atoms with Crippen LogP contribution < -0.4 is 10.9 Å². The summed E-state index contributed by atoms with van der Waals surface area (Å²) in [6.07, 6.45) is 0. The third-order valence-corrected chi connectivity index (χ3v) is 5.02. The Morgan fingerprint density at radius 2 is 1.59 bits per heavy atom. The number of amides is 1. The van der Waals surface area contributed by atoms with Crippen LogP contribution in [0.5, 0.6) is 0 Å². The van der Waals surface area contributed by atoms with Crippen LogP contribution in [-0.2, 0) is 6.54 Å². The van der Waals surface area contributed by atoms with E-state index in [1.807, 2.05) is 62.4 Å². The quantitative estimate of drug-likeness (QED) is 0.571. The minimum atomic E-state index is -0.341. The molecular weight excluding hydrogens is 362 g/mol. The third-order valence-electron chi connectivity index (χ3n) is 5.02. The SMILES string of the molecule is Cc1ccc(NC(=O)c2nn(Cc3ccccc3)c(=O)c3ccccc23)cc1C. The van der Waals surface area contributed by atoms with E-state index in [9.17, 15) is 9.59 Å². The van der Waals surface area contributed by atoms with Crippen molar-refractivity contribution in [3.8, 4) is 0 Å². The van der Waals surface area contributed by atoms with Crippen molar-refractivity contribution >= 4 is 22.4 Å². The Balaban J connectivity index is 1.78. The summed E-state index contributed by atoms with van der Waals surface area (Å²) in [5, 5.41) is 8.36. The fourth-order valence-electron chi connectivity index (χ4n) is 3.28. The number of benzene rings is 3. The van der Waals surface area contributed by atoms with Gasteiger partial charge in [-0.25, -0.2) is 4.68 Å². The van der Waals surface area contributed by atoms with Gasteiger partial charge in [0.1, 0.15) is 0 Å². The van der Waals surface area contributed by atoms with Crippen molar-refractivity contribution in [3.05, 3.63) is 106 Å². The fourth-order valence-corrected chi connectivity index (χ4v) is 3.28. The number of carbonyl (C=O) groups excluding carboxylic acids is 1. The molecule has 29 heavy (non-hydrogen) atoms. The molecule has 0 saturated carbocycles. The van der Waals surface area contributed by atoms with Crippen molar-refractivity contribution in [2.75, 3.05) is 5.32 Å². The summed E-state index contributed by atoms with van der Waals surface area (Å²) in [6, 6.07) is 22.4. The third kappa shape index (κ3) is 3.80. The number of anilines is 1. The first-order chi connectivity index (χ1) is 14.0. The molecule has 0 aliphatic rings. The zero-order valence-electron chi connectivity index (χ0n) is 16.3. The van der Waals surface area contributed by atoms with Gasteiger partial charge in [0.2, 0.25) is 0 Å². The molecule has 144 valence electrons. The number of hydrogen-bond donors (Lipinski definition) is 1. The van der Waals surface area contributed by atoms with Gasteiger partial charge in [-0.05, 0) is 48.7 Å². The Hall–Kier alpha value is -3.73. The Kier molecular flexibility index (Phi) is 4.96. The first-order valence-corrected chi connectivity index (χ1v) is 9.45. The highest BCUT2D eigenvalue weighted by Gasteiger charge is 2.17. The van der Waals surface area contributed by atoms with Gasteiger partial charge in [0.25, 0.3) is 11.5 Å². The molecule has 0 atom stereocenters. The lowest BCUT2D eigenvalue weighted by molar-refractivity contribution is 0.102. The van der Waals surface area contributed by atoms with E-state index in [1.54, 1.807) is 24.3 Å². The largest absolute Gasteiger partial charge is 0.321 e. The summed E-state index contributed by atoms with van der Waals surface area (Å²) < 4.78 is 1.35. The normalized spacial score (nSPS) is 10.8. The average molecular weight is 383 g/mol. The molecule has 0 spiro atoms. The summed E-state index contributed by atoms with van der Waals surface area (Å²) in [6.45, 7) is 4.32. The number of nitrogens with zero attached hydrogens (tertiary/aromatic N) is 2. The maximum atomic E-state index is 13.1. The molecule has 0 radical (unpaired) electrons. The predicted molar refractivity (Wildman–Crippen MR) is 115 cm³/mol.